The Morgan fingerprint density at radius 3 is 2.82 bits per heavy atom. The Hall–Kier alpha value is -2.69. The second-order valence-electron chi connectivity index (χ2n) is 8.13. The molecule has 2 atom stereocenters. The molecule has 1 aromatic rings. The lowest BCUT2D eigenvalue weighted by Gasteiger charge is -2.41. The third-order valence-corrected chi connectivity index (χ3v) is 5.77. The minimum absolute atomic E-state index is 0.104. The van der Waals surface area contributed by atoms with Gasteiger partial charge in [0.05, 0.1) is 18.8 Å². The maximum absolute atomic E-state index is 13.1. The zero-order chi connectivity index (χ0) is 24.9. The number of piperidine rings is 1. The second-order valence-corrected chi connectivity index (χ2v) is 8.13. The van der Waals surface area contributed by atoms with Crippen LogP contribution in [0.3, 0.4) is 0 Å². The van der Waals surface area contributed by atoms with Gasteiger partial charge in [0.2, 0.25) is 0 Å². The third kappa shape index (κ3) is 6.05. The van der Waals surface area contributed by atoms with Crippen molar-refractivity contribution in [2.24, 2.45) is 4.99 Å². The number of alkyl halides is 3. The zero-order valence-electron chi connectivity index (χ0n) is 19.5. The van der Waals surface area contributed by atoms with Gasteiger partial charge in [0.1, 0.15) is 30.9 Å². The smallest absolute Gasteiger partial charge is 0.491 e. The molecular weight excluding hydrogens is 453 g/mol. The fourth-order valence-electron chi connectivity index (χ4n) is 4.09. The summed E-state index contributed by atoms with van der Waals surface area (Å²) in [5.74, 6) is 0.205. The Bertz CT molecular complexity index is 976. The maximum Gasteiger partial charge on any atom is 0.522 e. The minimum Gasteiger partial charge on any atom is -0.491 e. The van der Waals surface area contributed by atoms with Crippen molar-refractivity contribution in [1.82, 2.24) is 4.90 Å². The number of fused-ring (bicyclic) bond motifs is 1. The highest BCUT2D eigenvalue weighted by molar-refractivity contribution is 5.95. The number of carbonyl (C=O) groups is 1. The summed E-state index contributed by atoms with van der Waals surface area (Å²) in [4.78, 5) is 19.4. The standard InChI is InChI=1S/C24H29F3N2O5/c1-5-6-17(3)28-18(4)23-9-10-29(14-21(23)32-15-34-23)22(30)19-7-8-20(16(2)13-19)31-11-12-33-24(25,26)27/h5-8,13,21H,4,9-12,14-15H2,1-3H3/b6-5-,28-17?/t21-,23-/m1/s1. The first-order valence-electron chi connectivity index (χ1n) is 10.9. The summed E-state index contributed by atoms with van der Waals surface area (Å²) in [6.07, 6.45) is -0.821. The molecule has 0 radical (unpaired) electrons. The minimum atomic E-state index is -4.70. The van der Waals surface area contributed by atoms with Crippen LogP contribution in [0.15, 0.2) is 47.6 Å². The van der Waals surface area contributed by atoms with Crippen LogP contribution in [0.25, 0.3) is 0 Å². The lowest BCUT2D eigenvalue weighted by atomic mass is 9.85. The van der Waals surface area contributed by atoms with Crippen molar-refractivity contribution in [2.45, 2.75) is 45.3 Å². The molecule has 7 nitrogen and oxygen atoms in total. The van der Waals surface area contributed by atoms with E-state index in [-0.39, 0.29) is 19.3 Å². The summed E-state index contributed by atoms with van der Waals surface area (Å²) in [6, 6.07) is 4.81. The van der Waals surface area contributed by atoms with Gasteiger partial charge in [-0.15, -0.1) is 13.2 Å². The van der Waals surface area contributed by atoms with Gasteiger partial charge < -0.3 is 19.1 Å². The molecule has 2 aliphatic heterocycles. The van der Waals surface area contributed by atoms with Gasteiger partial charge in [-0.2, -0.15) is 0 Å². The topological polar surface area (TPSA) is 69.6 Å². The molecule has 3 rings (SSSR count). The molecule has 0 aliphatic carbocycles. The molecule has 186 valence electrons. The molecule has 1 amide bonds. The van der Waals surface area contributed by atoms with E-state index in [0.29, 0.717) is 42.1 Å². The van der Waals surface area contributed by atoms with E-state index >= 15 is 0 Å². The number of hydrogen-bond donors (Lipinski definition) is 0. The summed E-state index contributed by atoms with van der Waals surface area (Å²) < 4.78 is 57.0. The molecular formula is C24H29F3N2O5. The molecule has 2 aliphatic rings. The number of likely N-dealkylation sites (tertiary alicyclic amines) is 1. The number of benzene rings is 1. The second kappa shape index (κ2) is 10.7. The first-order valence-corrected chi connectivity index (χ1v) is 10.9. The van der Waals surface area contributed by atoms with E-state index in [1.54, 1.807) is 30.0 Å². The summed E-state index contributed by atoms with van der Waals surface area (Å²) in [5, 5.41) is 0. The Morgan fingerprint density at radius 2 is 2.15 bits per heavy atom. The number of carbonyl (C=O) groups excluding carboxylic acids is 1. The summed E-state index contributed by atoms with van der Waals surface area (Å²) in [6.45, 7) is 9.60. The zero-order valence-corrected chi connectivity index (χ0v) is 19.5. The van der Waals surface area contributed by atoms with E-state index in [0.717, 1.165) is 5.71 Å². The SMILES string of the molecule is C=C(N=C(C)/C=C\C)[C@]12CCN(C(=O)c3ccc(OCCOC(F)(F)F)c(C)c3)C[C@H]1OCO2. The number of hydrogen-bond acceptors (Lipinski definition) is 6. The fraction of sp³-hybridized carbons (Fsp3) is 0.500. The number of allylic oxidation sites excluding steroid dienone is 2. The van der Waals surface area contributed by atoms with Gasteiger partial charge in [0.15, 0.2) is 0 Å². The van der Waals surface area contributed by atoms with Gasteiger partial charge in [-0.25, -0.2) is 0 Å². The Kier molecular flexibility index (Phi) is 8.17. The maximum atomic E-state index is 13.1. The van der Waals surface area contributed by atoms with Crippen LogP contribution in [-0.4, -0.2) is 67.7 Å². The highest BCUT2D eigenvalue weighted by atomic mass is 19.4. The number of aliphatic imine (C=N–C) groups is 1. The monoisotopic (exact) mass is 482 g/mol. The molecule has 0 saturated carbocycles. The van der Waals surface area contributed by atoms with Crippen LogP contribution in [0.4, 0.5) is 13.2 Å². The molecule has 0 bridgehead atoms. The van der Waals surface area contributed by atoms with Crippen LogP contribution >= 0.6 is 0 Å². The lowest BCUT2D eigenvalue weighted by molar-refractivity contribution is -0.325. The van der Waals surface area contributed by atoms with Gasteiger partial charge in [0.25, 0.3) is 5.91 Å². The van der Waals surface area contributed by atoms with Crippen molar-refractivity contribution in [3.05, 3.63) is 53.8 Å². The highest BCUT2D eigenvalue weighted by Crippen LogP contribution is 2.40. The van der Waals surface area contributed by atoms with Gasteiger partial charge in [-0.1, -0.05) is 12.7 Å². The van der Waals surface area contributed by atoms with E-state index in [1.165, 1.54) is 0 Å². The molecule has 1 aromatic carbocycles. The predicted octanol–water partition coefficient (Wildman–Crippen LogP) is 4.42. The largest absolute Gasteiger partial charge is 0.522 e. The first kappa shape index (κ1) is 25.9. The van der Waals surface area contributed by atoms with Gasteiger partial charge in [0, 0.05) is 24.2 Å². The normalized spacial score (nSPS) is 23.3. The molecule has 10 heteroatoms. The van der Waals surface area contributed by atoms with Crippen molar-refractivity contribution in [1.29, 1.82) is 0 Å². The Balaban J connectivity index is 1.64. The molecule has 0 unspecified atom stereocenters. The summed E-state index contributed by atoms with van der Waals surface area (Å²) >= 11 is 0. The van der Waals surface area contributed by atoms with Crippen molar-refractivity contribution >= 4 is 11.6 Å². The van der Waals surface area contributed by atoms with E-state index in [1.807, 2.05) is 26.0 Å². The van der Waals surface area contributed by atoms with Crippen molar-refractivity contribution in [3.63, 3.8) is 0 Å². The van der Waals surface area contributed by atoms with E-state index < -0.39 is 24.7 Å². The van der Waals surface area contributed by atoms with Crippen LogP contribution in [0, 0.1) is 6.92 Å². The number of amides is 1. The molecule has 34 heavy (non-hydrogen) atoms. The molecule has 0 N–H and O–H groups in total. The van der Waals surface area contributed by atoms with Gasteiger partial charge >= 0.3 is 6.36 Å². The molecule has 2 fully saturated rings. The molecule has 0 aromatic heterocycles. The Labute approximate surface area is 196 Å². The fourth-order valence-corrected chi connectivity index (χ4v) is 4.09. The number of halogens is 3. The number of rotatable bonds is 8. The van der Waals surface area contributed by atoms with Crippen LogP contribution in [0.2, 0.25) is 0 Å². The predicted molar refractivity (Wildman–Crippen MR) is 120 cm³/mol. The van der Waals surface area contributed by atoms with Gasteiger partial charge in [-0.05, 0) is 50.6 Å². The lowest BCUT2D eigenvalue weighted by Crippen LogP contribution is -2.55. The number of aryl methyl sites for hydroxylation is 1. The Morgan fingerprint density at radius 1 is 1.38 bits per heavy atom. The third-order valence-electron chi connectivity index (χ3n) is 5.77. The summed E-state index contributed by atoms with van der Waals surface area (Å²) in [7, 11) is 0. The summed E-state index contributed by atoms with van der Waals surface area (Å²) in [5.41, 5.74) is 1.68. The van der Waals surface area contributed by atoms with Crippen molar-refractivity contribution in [2.75, 3.05) is 33.1 Å². The van der Waals surface area contributed by atoms with Crippen LogP contribution < -0.4 is 4.74 Å². The van der Waals surface area contributed by atoms with E-state index in [9.17, 15) is 18.0 Å². The number of ether oxygens (including phenoxy) is 4. The van der Waals surface area contributed by atoms with Crippen molar-refractivity contribution in [3.8, 4) is 5.75 Å². The quantitative estimate of drug-likeness (QED) is 0.405. The van der Waals surface area contributed by atoms with E-state index in [4.69, 9.17) is 14.2 Å². The van der Waals surface area contributed by atoms with E-state index in [2.05, 4.69) is 16.3 Å². The molecule has 0 spiro atoms. The van der Waals surface area contributed by atoms with Gasteiger partial charge in [-0.3, -0.25) is 14.5 Å². The van der Waals surface area contributed by atoms with Crippen molar-refractivity contribution < 1.29 is 36.9 Å². The average Bonchev–Trinajstić information content (AvgIpc) is 3.21. The first-order chi connectivity index (χ1) is 16.1. The van der Waals surface area contributed by atoms with Crippen LogP contribution in [-0.2, 0) is 14.2 Å². The molecule has 2 saturated heterocycles. The average molecular weight is 482 g/mol. The highest BCUT2D eigenvalue weighted by Gasteiger charge is 2.52. The van der Waals surface area contributed by atoms with Crippen LogP contribution in [0.5, 0.6) is 5.75 Å². The van der Waals surface area contributed by atoms with Crippen LogP contribution in [0.1, 0.15) is 36.2 Å². The number of nitrogens with zero attached hydrogens (tertiary/aromatic N) is 2. The molecule has 2 heterocycles.